The second kappa shape index (κ2) is 9.30. The first-order valence-electron chi connectivity index (χ1n) is 8.80. The van der Waals surface area contributed by atoms with Crippen molar-refractivity contribution in [2.75, 3.05) is 14.2 Å². The Morgan fingerprint density at radius 2 is 1.90 bits per heavy atom. The molecule has 0 saturated carbocycles. The number of hydrogen-bond acceptors (Lipinski definition) is 9. The minimum Gasteiger partial charge on any atom is -0.494 e. The summed E-state index contributed by atoms with van der Waals surface area (Å²) in [4.78, 5) is 39.2. The van der Waals surface area contributed by atoms with Gasteiger partial charge in [0, 0.05) is 6.92 Å². The van der Waals surface area contributed by atoms with Gasteiger partial charge in [-0.25, -0.2) is 4.99 Å². The molecule has 0 aliphatic carbocycles. The molecule has 1 amide bonds. The van der Waals surface area contributed by atoms with Gasteiger partial charge in [-0.3, -0.25) is 19.7 Å². The third-order valence-electron chi connectivity index (χ3n) is 4.01. The summed E-state index contributed by atoms with van der Waals surface area (Å²) in [7, 11) is 2.73. The number of nitro groups is 1. The minimum atomic E-state index is -0.667. The summed E-state index contributed by atoms with van der Waals surface area (Å²) in [5.74, 6) is -0.895. The average molecular weight is 443 g/mol. The summed E-state index contributed by atoms with van der Waals surface area (Å²) in [6.07, 6.45) is 1.35. The number of nitrogens with one attached hydrogen (secondary N) is 1. The molecule has 2 aromatic carbocycles. The van der Waals surface area contributed by atoms with Crippen LogP contribution >= 0.6 is 11.8 Å². The summed E-state index contributed by atoms with van der Waals surface area (Å²) >= 11 is 1.02. The van der Waals surface area contributed by atoms with Crippen molar-refractivity contribution < 1.29 is 28.7 Å². The Kier molecular flexibility index (Phi) is 6.55. The lowest BCUT2D eigenvalue weighted by Gasteiger charge is -2.10. The number of aliphatic imine (C=N–C) groups is 1. The molecular formula is C20H17N3O7S. The second-order valence-corrected chi connectivity index (χ2v) is 7.07. The summed E-state index contributed by atoms with van der Waals surface area (Å²) in [6.45, 7) is 1.17. The van der Waals surface area contributed by atoms with E-state index < -0.39 is 22.5 Å². The first-order valence-corrected chi connectivity index (χ1v) is 9.62. The molecule has 160 valence electrons. The fourth-order valence-corrected chi connectivity index (χ4v) is 3.58. The van der Waals surface area contributed by atoms with Crippen molar-refractivity contribution in [2.45, 2.75) is 6.92 Å². The number of rotatable bonds is 6. The minimum absolute atomic E-state index is 0.0919. The molecule has 1 heterocycles. The standard InChI is InChI=1S/C20H17N3O7S/c1-11(24)30-15-9-8-12(17(23(26)27)18(15)29-3)10-16-19(25)22-20(31-16)21-13-6-4-5-7-14(13)28-2/h4-10H,1-3H3,(H,21,22,25)/b16-10-. The molecule has 11 heteroatoms. The lowest BCUT2D eigenvalue weighted by Crippen LogP contribution is -2.19. The zero-order valence-corrected chi connectivity index (χ0v) is 17.5. The van der Waals surface area contributed by atoms with Crippen LogP contribution in [0, 0.1) is 10.1 Å². The second-order valence-electron chi connectivity index (χ2n) is 6.04. The number of amides is 1. The number of amidine groups is 1. The fourth-order valence-electron chi connectivity index (χ4n) is 2.76. The number of esters is 1. The molecule has 1 N–H and O–H groups in total. The summed E-state index contributed by atoms with van der Waals surface area (Å²) in [5, 5.41) is 14.6. The first kappa shape index (κ1) is 21.8. The van der Waals surface area contributed by atoms with Gasteiger partial charge in [0.2, 0.25) is 5.75 Å². The first-order chi connectivity index (χ1) is 14.8. The molecule has 1 fully saturated rings. The van der Waals surface area contributed by atoms with Crippen LogP contribution in [-0.2, 0) is 9.59 Å². The number of nitro benzene ring substituents is 1. The molecule has 0 radical (unpaired) electrons. The van der Waals surface area contributed by atoms with E-state index in [9.17, 15) is 19.7 Å². The van der Waals surface area contributed by atoms with Gasteiger partial charge < -0.3 is 19.5 Å². The van der Waals surface area contributed by atoms with E-state index in [1.54, 1.807) is 24.3 Å². The number of thioether (sulfide) groups is 1. The number of para-hydroxylation sites is 2. The highest BCUT2D eigenvalue weighted by Crippen LogP contribution is 2.41. The lowest BCUT2D eigenvalue weighted by atomic mass is 10.1. The van der Waals surface area contributed by atoms with Gasteiger partial charge in [-0.1, -0.05) is 12.1 Å². The van der Waals surface area contributed by atoms with E-state index in [2.05, 4.69) is 10.3 Å². The normalized spacial score (nSPS) is 15.6. The summed E-state index contributed by atoms with van der Waals surface area (Å²) in [5.41, 5.74) is 0.193. The molecule has 0 bridgehead atoms. The van der Waals surface area contributed by atoms with Crippen LogP contribution < -0.4 is 19.5 Å². The van der Waals surface area contributed by atoms with Gasteiger partial charge in [0.05, 0.1) is 29.6 Å². The molecule has 1 aliphatic heterocycles. The third kappa shape index (κ3) is 4.83. The predicted molar refractivity (Wildman–Crippen MR) is 115 cm³/mol. The predicted octanol–water partition coefficient (Wildman–Crippen LogP) is 3.43. The highest BCUT2D eigenvalue weighted by molar-refractivity contribution is 8.18. The molecule has 3 rings (SSSR count). The van der Waals surface area contributed by atoms with Gasteiger partial charge in [0.15, 0.2) is 10.9 Å². The van der Waals surface area contributed by atoms with Gasteiger partial charge >= 0.3 is 11.7 Å². The van der Waals surface area contributed by atoms with Gasteiger partial charge in [0.25, 0.3) is 5.91 Å². The molecule has 1 aliphatic rings. The van der Waals surface area contributed by atoms with Gasteiger partial charge in [-0.05, 0) is 42.1 Å². The van der Waals surface area contributed by atoms with E-state index in [1.165, 1.54) is 39.4 Å². The monoisotopic (exact) mass is 443 g/mol. The van der Waals surface area contributed by atoms with Crippen molar-refractivity contribution in [3.05, 3.63) is 57.0 Å². The Hall–Kier alpha value is -3.86. The van der Waals surface area contributed by atoms with Crippen molar-refractivity contribution in [1.82, 2.24) is 5.32 Å². The van der Waals surface area contributed by atoms with Crippen LogP contribution in [0.3, 0.4) is 0 Å². The Labute approximate surface area is 181 Å². The molecule has 10 nitrogen and oxygen atoms in total. The number of methoxy groups -OCH3 is 2. The van der Waals surface area contributed by atoms with Gasteiger partial charge in [-0.15, -0.1) is 0 Å². The largest absolute Gasteiger partial charge is 0.494 e. The van der Waals surface area contributed by atoms with Crippen LogP contribution in [0.2, 0.25) is 0 Å². The molecule has 2 aromatic rings. The number of nitrogens with zero attached hydrogens (tertiary/aromatic N) is 2. The molecule has 31 heavy (non-hydrogen) atoms. The molecule has 0 aromatic heterocycles. The Balaban J connectivity index is 1.99. The highest BCUT2D eigenvalue weighted by atomic mass is 32.2. The summed E-state index contributed by atoms with van der Waals surface area (Å²) in [6, 6.07) is 9.76. The van der Waals surface area contributed by atoms with Crippen LogP contribution in [0.15, 0.2) is 46.3 Å². The van der Waals surface area contributed by atoms with Crippen LogP contribution in [-0.4, -0.2) is 36.2 Å². The SMILES string of the molecule is COc1ccccc1N=C1NC(=O)/C(=C/c2ccc(OC(C)=O)c(OC)c2[N+](=O)[O-])S1. The van der Waals surface area contributed by atoms with E-state index >= 15 is 0 Å². The average Bonchev–Trinajstić information content (AvgIpc) is 3.07. The zero-order valence-electron chi connectivity index (χ0n) is 16.7. The number of carbonyl (C=O) groups is 2. The maximum absolute atomic E-state index is 12.4. The Morgan fingerprint density at radius 3 is 2.55 bits per heavy atom. The maximum atomic E-state index is 12.4. The van der Waals surface area contributed by atoms with Crippen molar-refractivity contribution in [2.24, 2.45) is 4.99 Å². The van der Waals surface area contributed by atoms with E-state index in [0.717, 1.165) is 11.8 Å². The van der Waals surface area contributed by atoms with Crippen molar-refractivity contribution >= 4 is 46.3 Å². The molecule has 0 atom stereocenters. The van der Waals surface area contributed by atoms with E-state index in [-0.39, 0.29) is 22.0 Å². The maximum Gasteiger partial charge on any atom is 0.322 e. The third-order valence-corrected chi connectivity index (χ3v) is 4.92. The van der Waals surface area contributed by atoms with Crippen LogP contribution in [0.4, 0.5) is 11.4 Å². The Bertz CT molecular complexity index is 1130. The summed E-state index contributed by atoms with van der Waals surface area (Å²) < 4.78 is 15.3. The van der Waals surface area contributed by atoms with Crippen molar-refractivity contribution in [3.63, 3.8) is 0 Å². The van der Waals surface area contributed by atoms with Crippen LogP contribution in [0.25, 0.3) is 6.08 Å². The molecular weight excluding hydrogens is 426 g/mol. The topological polar surface area (TPSA) is 129 Å². The van der Waals surface area contributed by atoms with Gasteiger partial charge in [-0.2, -0.15) is 0 Å². The van der Waals surface area contributed by atoms with E-state index in [0.29, 0.717) is 16.6 Å². The fraction of sp³-hybridized carbons (Fsp3) is 0.150. The molecule has 1 saturated heterocycles. The lowest BCUT2D eigenvalue weighted by molar-refractivity contribution is -0.386. The highest BCUT2D eigenvalue weighted by Gasteiger charge is 2.29. The smallest absolute Gasteiger partial charge is 0.322 e. The van der Waals surface area contributed by atoms with Crippen LogP contribution in [0.1, 0.15) is 12.5 Å². The zero-order chi connectivity index (χ0) is 22.5. The van der Waals surface area contributed by atoms with Gasteiger partial charge in [0.1, 0.15) is 11.4 Å². The van der Waals surface area contributed by atoms with E-state index in [4.69, 9.17) is 14.2 Å². The van der Waals surface area contributed by atoms with Crippen LogP contribution in [0.5, 0.6) is 17.2 Å². The Morgan fingerprint density at radius 1 is 1.16 bits per heavy atom. The van der Waals surface area contributed by atoms with E-state index in [1.807, 2.05) is 0 Å². The van der Waals surface area contributed by atoms with Crippen molar-refractivity contribution in [3.8, 4) is 17.2 Å². The van der Waals surface area contributed by atoms with Crippen molar-refractivity contribution in [1.29, 1.82) is 0 Å². The molecule has 0 unspecified atom stereocenters. The number of carbonyl (C=O) groups excluding carboxylic acids is 2. The quantitative estimate of drug-likeness (QED) is 0.236. The molecule has 0 spiro atoms. The number of hydrogen-bond donors (Lipinski definition) is 1. The number of ether oxygens (including phenoxy) is 3. The number of benzene rings is 2.